The van der Waals surface area contributed by atoms with E-state index in [1.54, 1.807) is 0 Å². The Balaban J connectivity index is 2.33. The van der Waals surface area contributed by atoms with Gasteiger partial charge >= 0.3 is 5.97 Å². The zero-order valence-corrected chi connectivity index (χ0v) is 9.74. The van der Waals surface area contributed by atoms with Crippen LogP contribution in [0.3, 0.4) is 0 Å². The van der Waals surface area contributed by atoms with Gasteiger partial charge in [0.05, 0.1) is 6.54 Å². The van der Waals surface area contributed by atoms with Gasteiger partial charge in [0, 0.05) is 6.54 Å². The maximum Gasteiger partial charge on any atom is 0.323 e. The molecule has 0 unspecified atom stereocenters. The predicted molar refractivity (Wildman–Crippen MR) is 60.1 cm³/mol. The van der Waals surface area contributed by atoms with Gasteiger partial charge in [-0.15, -0.1) is 0 Å². The van der Waals surface area contributed by atoms with Crippen LogP contribution >= 0.6 is 0 Å². The van der Waals surface area contributed by atoms with Crippen molar-refractivity contribution in [2.24, 2.45) is 5.92 Å². The zero-order chi connectivity index (χ0) is 12.0. The summed E-state index contributed by atoms with van der Waals surface area (Å²) >= 11 is 0. The predicted octanol–water partition coefficient (Wildman–Crippen LogP) is 0.309. The van der Waals surface area contributed by atoms with Crippen molar-refractivity contribution >= 4 is 11.9 Å². The number of rotatable bonds is 8. The minimum absolute atomic E-state index is 0.109. The molecule has 1 fully saturated rings. The molecule has 0 bridgehead atoms. The molecule has 0 atom stereocenters. The van der Waals surface area contributed by atoms with Gasteiger partial charge < -0.3 is 15.3 Å². The molecule has 1 aliphatic carbocycles. The average molecular weight is 228 g/mol. The third-order valence-corrected chi connectivity index (χ3v) is 2.56. The molecule has 92 valence electrons. The number of carbonyl (C=O) groups excluding carboxylic acids is 1. The van der Waals surface area contributed by atoms with Crippen molar-refractivity contribution in [1.29, 1.82) is 0 Å². The van der Waals surface area contributed by atoms with E-state index in [1.165, 1.54) is 4.90 Å². The minimum atomic E-state index is -0.940. The number of carboxylic acids is 1. The lowest BCUT2D eigenvalue weighted by molar-refractivity contribution is -0.144. The van der Waals surface area contributed by atoms with Crippen molar-refractivity contribution in [3.05, 3.63) is 0 Å². The highest BCUT2D eigenvalue weighted by atomic mass is 16.4. The van der Waals surface area contributed by atoms with Crippen molar-refractivity contribution in [1.82, 2.24) is 10.2 Å². The van der Waals surface area contributed by atoms with Crippen LogP contribution in [-0.4, -0.2) is 48.1 Å². The summed E-state index contributed by atoms with van der Waals surface area (Å²) in [4.78, 5) is 23.8. The Kier molecular flexibility index (Phi) is 5.25. The van der Waals surface area contributed by atoms with E-state index in [2.05, 4.69) is 5.32 Å². The van der Waals surface area contributed by atoms with Gasteiger partial charge in [-0.3, -0.25) is 9.59 Å². The standard InChI is InChI=1S/C11H20N2O3/c1-2-5-12-6-10(14)13(8-11(15)16)7-9-3-4-9/h9,12H,2-8H2,1H3,(H,15,16). The Bertz CT molecular complexity index is 252. The highest BCUT2D eigenvalue weighted by molar-refractivity contribution is 5.82. The second kappa shape index (κ2) is 6.48. The van der Waals surface area contributed by atoms with E-state index in [4.69, 9.17) is 5.11 Å². The van der Waals surface area contributed by atoms with Crippen LogP contribution in [0, 0.1) is 5.92 Å². The topological polar surface area (TPSA) is 69.6 Å². The lowest BCUT2D eigenvalue weighted by atomic mass is 10.3. The van der Waals surface area contributed by atoms with Crippen molar-refractivity contribution < 1.29 is 14.7 Å². The molecule has 0 aromatic carbocycles. The largest absolute Gasteiger partial charge is 0.480 e. The number of aliphatic carboxylic acids is 1. The number of hydrogen-bond donors (Lipinski definition) is 2. The molecule has 0 heterocycles. The molecule has 0 aromatic rings. The molecule has 5 nitrogen and oxygen atoms in total. The monoisotopic (exact) mass is 228 g/mol. The van der Waals surface area contributed by atoms with Gasteiger partial charge in [0.25, 0.3) is 0 Å². The summed E-state index contributed by atoms with van der Waals surface area (Å²) in [6.07, 6.45) is 3.20. The van der Waals surface area contributed by atoms with Gasteiger partial charge in [0.15, 0.2) is 0 Å². The van der Waals surface area contributed by atoms with Gasteiger partial charge in [-0.25, -0.2) is 0 Å². The van der Waals surface area contributed by atoms with Gasteiger partial charge in [-0.1, -0.05) is 6.92 Å². The number of hydrogen-bond acceptors (Lipinski definition) is 3. The van der Waals surface area contributed by atoms with Crippen LogP contribution in [0.25, 0.3) is 0 Å². The fourth-order valence-electron chi connectivity index (χ4n) is 1.51. The first-order chi connectivity index (χ1) is 7.63. The lowest BCUT2D eigenvalue weighted by Gasteiger charge is -2.20. The van der Waals surface area contributed by atoms with Crippen LogP contribution in [0.1, 0.15) is 26.2 Å². The van der Waals surface area contributed by atoms with E-state index in [0.29, 0.717) is 12.5 Å². The Morgan fingerprint density at radius 2 is 2.12 bits per heavy atom. The van der Waals surface area contributed by atoms with Crippen LogP contribution < -0.4 is 5.32 Å². The van der Waals surface area contributed by atoms with Gasteiger partial charge in [-0.2, -0.15) is 0 Å². The van der Waals surface area contributed by atoms with Gasteiger partial charge in [0.2, 0.25) is 5.91 Å². The second-order valence-electron chi connectivity index (χ2n) is 4.29. The SMILES string of the molecule is CCCNCC(=O)N(CC(=O)O)CC1CC1. The summed E-state index contributed by atoms with van der Waals surface area (Å²) in [6, 6.07) is 0. The van der Waals surface area contributed by atoms with E-state index in [9.17, 15) is 9.59 Å². The molecule has 0 radical (unpaired) electrons. The zero-order valence-electron chi connectivity index (χ0n) is 9.74. The molecule has 1 saturated carbocycles. The van der Waals surface area contributed by atoms with Crippen LogP contribution in [0.15, 0.2) is 0 Å². The van der Waals surface area contributed by atoms with Crippen molar-refractivity contribution in [3.63, 3.8) is 0 Å². The van der Waals surface area contributed by atoms with Crippen LogP contribution in [0.2, 0.25) is 0 Å². The first-order valence-corrected chi connectivity index (χ1v) is 5.83. The molecule has 0 saturated heterocycles. The summed E-state index contributed by atoms with van der Waals surface area (Å²) in [7, 11) is 0. The third-order valence-electron chi connectivity index (χ3n) is 2.56. The van der Waals surface area contributed by atoms with Crippen LogP contribution in [0.4, 0.5) is 0 Å². The third kappa shape index (κ3) is 5.11. The van der Waals surface area contributed by atoms with Gasteiger partial charge in [0.1, 0.15) is 6.54 Å². The summed E-state index contributed by atoms with van der Waals surface area (Å²) < 4.78 is 0. The Hall–Kier alpha value is -1.10. The highest BCUT2D eigenvalue weighted by Gasteiger charge is 2.27. The first kappa shape index (κ1) is 13.0. The Morgan fingerprint density at radius 1 is 1.44 bits per heavy atom. The van der Waals surface area contributed by atoms with E-state index < -0.39 is 5.97 Å². The molecule has 1 aliphatic rings. The fraction of sp³-hybridized carbons (Fsp3) is 0.818. The fourth-order valence-corrected chi connectivity index (χ4v) is 1.51. The molecule has 1 rings (SSSR count). The van der Waals surface area contributed by atoms with Crippen LogP contribution in [0.5, 0.6) is 0 Å². The molecule has 0 aliphatic heterocycles. The molecule has 5 heteroatoms. The minimum Gasteiger partial charge on any atom is -0.480 e. The quantitative estimate of drug-likeness (QED) is 0.587. The summed E-state index contributed by atoms with van der Waals surface area (Å²) in [5.74, 6) is -0.526. The van der Waals surface area contributed by atoms with E-state index in [0.717, 1.165) is 25.8 Å². The number of amides is 1. The average Bonchev–Trinajstić information content (AvgIpc) is 3.00. The number of nitrogens with zero attached hydrogens (tertiary/aromatic N) is 1. The summed E-state index contributed by atoms with van der Waals surface area (Å²) in [5.41, 5.74) is 0. The number of carbonyl (C=O) groups is 2. The van der Waals surface area contributed by atoms with E-state index in [1.807, 2.05) is 6.92 Å². The van der Waals surface area contributed by atoms with Crippen LogP contribution in [-0.2, 0) is 9.59 Å². The molecule has 1 amide bonds. The Morgan fingerprint density at radius 3 is 2.62 bits per heavy atom. The molecule has 0 aromatic heterocycles. The second-order valence-corrected chi connectivity index (χ2v) is 4.29. The number of nitrogens with one attached hydrogen (secondary N) is 1. The van der Waals surface area contributed by atoms with E-state index >= 15 is 0 Å². The smallest absolute Gasteiger partial charge is 0.323 e. The van der Waals surface area contributed by atoms with Crippen molar-refractivity contribution in [2.75, 3.05) is 26.2 Å². The maximum atomic E-state index is 11.7. The van der Waals surface area contributed by atoms with Gasteiger partial charge in [-0.05, 0) is 31.7 Å². The highest BCUT2D eigenvalue weighted by Crippen LogP contribution is 2.29. The van der Waals surface area contributed by atoms with E-state index in [-0.39, 0.29) is 19.0 Å². The maximum absolute atomic E-state index is 11.7. The first-order valence-electron chi connectivity index (χ1n) is 5.83. The lowest BCUT2D eigenvalue weighted by Crippen LogP contribution is -2.42. The summed E-state index contributed by atoms with van der Waals surface area (Å²) in [6.45, 7) is 3.47. The molecular weight excluding hydrogens is 208 g/mol. The van der Waals surface area contributed by atoms with Crippen molar-refractivity contribution in [3.8, 4) is 0 Å². The number of carboxylic acid groups (broad SMARTS) is 1. The molecule has 0 spiro atoms. The van der Waals surface area contributed by atoms with Crippen molar-refractivity contribution in [2.45, 2.75) is 26.2 Å². The molecule has 16 heavy (non-hydrogen) atoms. The Labute approximate surface area is 95.8 Å². The molecule has 2 N–H and O–H groups in total. The summed E-state index contributed by atoms with van der Waals surface area (Å²) in [5, 5.41) is 11.7. The normalized spacial score (nSPS) is 14.8. The molecular formula is C11H20N2O3.